The molecule has 5 heteroatoms. The lowest BCUT2D eigenvalue weighted by molar-refractivity contribution is -0.122. The molecule has 2 atom stereocenters. The fraction of sp³-hybridized carbons (Fsp3) is 0.632. The largest absolute Gasteiger partial charge is 0.483 e. The van der Waals surface area contributed by atoms with Gasteiger partial charge in [-0.15, -0.1) is 0 Å². The van der Waals surface area contributed by atoms with Crippen LogP contribution in [0.5, 0.6) is 0 Å². The second-order valence-electron chi connectivity index (χ2n) is 6.98. The van der Waals surface area contributed by atoms with Crippen LogP contribution in [-0.4, -0.2) is 42.8 Å². The fourth-order valence-electron chi connectivity index (χ4n) is 4.33. The number of likely N-dealkylation sites (tertiary alicyclic amines) is 1. The van der Waals surface area contributed by atoms with Gasteiger partial charge in [-0.05, 0) is 56.3 Å². The molecule has 1 N–H and O–H groups in total. The van der Waals surface area contributed by atoms with Gasteiger partial charge in [0, 0.05) is 30.6 Å². The minimum atomic E-state index is -0.250. The first-order chi connectivity index (χ1) is 11.5. The maximum atomic E-state index is 8.36. The summed E-state index contributed by atoms with van der Waals surface area (Å²) in [7, 11) is 1.89. The molecule has 1 heterocycles. The van der Waals surface area contributed by atoms with Gasteiger partial charge in [0.2, 0.25) is 0 Å². The van der Waals surface area contributed by atoms with Crippen molar-refractivity contribution in [3.8, 4) is 0 Å². The minimum absolute atomic E-state index is 0.250. The highest BCUT2D eigenvalue weighted by molar-refractivity contribution is 6.31. The average molecular weight is 354 g/mol. The summed E-state index contributed by atoms with van der Waals surface area (Å²) < 4.78 is 5.79. The van der Waals surface area contributed by atoms with E-state index in [0.29, 0.717) is 11.5 Å². The molecule has 0 amide bonds. The highest BCUT2D eigenvalue weighted by Crippen LogP contribution is 2.46. The second kappa shape index (κ2) is 8.84. The number of nitrogens with zero attached hydrogens (tertiary/aromatic N) is 1. The lowest BCUT2D eigenvalue weighted by Crippen LogP contribution is -2.47. The summed E-state index contributed by atoms with van der Waals surface area (Å²) in [4.78, 5) is 11.0. The van der Waals surface area contributed by atoms with E-state index in [1.807, 2.05) is 7.11 Å². The molecule has 1 aliphatic heterocycles. The van der Waals surface area contributed by atoms with E-state index in [1.165, 1.54) is 50.8 Å². The molecule has 1 saturated carbocycles. The van der Waals surface area contributed by atoms with E-state index in [4.69, 9.17) is 26.2 Å². The van der Waals surface area contributed by atoms with Gasteiger partial charge < -0.3 is 9.84 Å². The summed E-state index contributed by atoms with van der Waals surface area (Å²) in [6.45, 7) is 5.20. The molecule has 2 aliphatic rings. The van der Waals surface area contributed by atoms with Crippen LogP contribution >= 0.6 is 11.6 Å². The Morgan fingerprint density at radius 3 is 2.79 bits per heavy atom. The van der Waals surface area contributed by atoms with Crippen molar-refractivity contribution in [1.82, 2.24) is 4.90 Å². The minimum Gasteiger partial charge on any atom is -0.483 e. The predicted octanol–water partition coefficient (Wildman–Crippen LogP) is 4.13. The van der Waals surface area contributed by atoms with Crippen molar-refractivity contribution in [2.45, 2.75) is 51.7 Å². The first-order valence-electron chi connectivity index (χ1n) is 8.62. The lowest BCUT2D eigenvalue weighted by atomic mass is 9.76. The van der Waals surface area contributed by atoms with Crippen molar-refractivity contribution in [2.75, 3.05) is 20.2 Å². The fourth-order valence-corrected chi connectivity index (χ4v) is 4.53. The Hall–Kier alpha value is -1.10. The van der Waals surface area contributed by atoms with E-state index in [0.717, 1.165) is 17.1 Å². The van der Waals surface area contributed by atoms with Crippen molar-refractivity contribution < 1.29 is 14.6 Å². The van der Waals surface area contributed by atoms with Crippen molar-refractivity contribution in [3.05, 3.63) is 34.3 Å². The van der Waals surface area contributed by atoms with Crippen LogP contribution in [0.25, 0.3) is 0 Å². The average Bonchev–Trinajstić information content (AvgIpc) is 2.93. The summed E-state index contributed by atoms with van der Waals surface area (Å²) in [6.07, 6.45) is 6.97. The molecular weight excluding hydrogens is 326 g/mol. The van der Waals surface area contributed by atoms with Gasteiger partial charge in [0.1, 0.15) is 0 Å². The summed E-state index contributed by atoms with van der Waals surface area (Å²) in [5.74, 6) is 0. The van der Waals surface area contributed by atoms with Gasteiger partial charge in [0.15, 0.2) is 0 Å². The van der Waals surface area contributed by atoms with Gasteiger partial charge in [-0.25, -0.2) is 0 Å². The molecule has 24 heavy (non-hydrogen) atoms. The molecular formula is C19H28ClNO3. The van der Waals surface area contributed by atoms with Crippen LogP contribution in [0.4, 0.5) is 0 Å². The zero-order valence-corrected chi connectivity index (χ0v) is 15.4. The topological polar surface area (TPSA) is 49.8 Å². The number of hydrogen-bond donors (Lipinski definition) is 1. The van der Waals surface area contributed by atoms with E-state index in [2.05, 4.69) is 30.0 Å². The van der Waals surface area contributed by atoms with Gasteiger partial charge in [-0.2, -0.15) is 0 Å². The van der Waals surface area contributed by atoms with Crippen molar-refractivity contribution >= 4 is 18.1 Å². The number of ether oxygens (including phenoxy) is 1. The third kappa shape index (κ3) is 4.50. The molecule has 3 rings (SSSR count). The third-order valence-electron chi connectivity index (χ3n) is 5.44. The van der Waals surface area contributed by atoms with Gasteiger partial charge in [-0.3, -0.25) is 9.69 Å². The van der Waals surface area contributed by atoms with E-state index < -0.39 is 0 Å². The smallest absolute Gasteiger partial charge is 0.290 e. The Morgan fingerprint density at radius 1 is 1.42 bits per heavy atom. The van der Waals surface area contributed by atoms with Crippen LogP contribution in [0.15, 0.2) is 18.2 Å². The molecule has 1 aromatic carbocycles. The van der Waals surface area contributed by atoms with Gasteiger partial charge in [-0.1, -0.05) is 30.2 Å². The summed E-state index contributed by atoms with van der Waals surface area (Å²) in [6, 6.07) is 6.47. The van der Waals surface area contributed by atoms with Gasteiger partial charge in [0.25, 0.3) is 6.47 Å². The Labute approximate surface area is 149 Å². The molecule has 0 unspecified atom stereocenters. The number of carbonyl (C=O) groups is 1. The first kappa shape index (κ1) is 19.2. The van der Waals surface area contributed by atoms with Gasteiger partial charge >= 0.3 is 0 Å². The lowest BCUT2D eigenvalue weighted by Gasteiger charge is -2.43. The van der Waals surface area contributed by atoms with Crippen LogP contribution in [0.1, 0.15) is 43.2 Å². The summed E-state index contributed by atoms with van der Waals surface area (Å²) >= 11 is 6.26. The molecule has 2 fully saturated rings. The number of rotatable bonds is 3. The van der Waals surface area contributed by atoms with Crippen LogP contribution in [0.3, 0.4) is 0 Å². The van der Waals surface area contributed by atoms with E-state index in [9.17, 15) is 0 Å². The molecule has 4 nitrogen and oxygen atoms in total. The highest BCUT2D eigenvalue weighted by atomic mass is 35.5. The Balaban J connectivity index is 0.000000647. The number of hydrogen-bond acceptors (Lipinski definition) is 3. The maximum Gasteiger partial charge on any atom is 0.290 e. The van der Waals surface area contributed by atoms with Crippen LogP contribution in [-0.2, 0) is 16.1 Å². The molecule has 1 saturated heterocycles. The standard InChI is InChI=1S/C18H26ClNO.CH2O2/c1-14-6-7-15(11-16(14)19)12-20-10-4-9-18(13-20)8-3-5-17(18)21-2;2-1-3/h6-7,11,17H,3-5,8-10,12-13H2,1-2H3;1H,(H,2,3)/t17-,18+;/m1./s1. The summed E-state index contributed by atoms with van der Waals surface area (Å²) in [5.41, 5.74) is 2.89. The number of carboxylic acid groups (broad SMARTS) is 1. The number of halogens is 1. The van der Waals surface area contributed by atoms with Gasteiger partial charge in [0.05, 0.1) is 6.10 Å². The number of aryl methyl sites for hydroxylation is 1. The molecule has 1 aromatic rings. The van der Waals surface area contributed by atoms with Crippen LogP contribution < -0.4 is 0 Å². The molecule has 0 radical (unpaired) electrons. The molecule has 1 aliphatic carbocycles. The van der Waals surface area contributed by atoms with Crippen molar-refractivity contribution in [3.63, 3.8) is 0 Å². The second-order valence-corrected chi connectivity index (χ2v) is 7.39. The van der Waals surface area contributed by atoms with E-state index in [1.54, 1.807) is 0 Å². The van der Waals surface area contributed by atoms with Crippen molar-refractivity contribution in [1.29, 1.82) is 0 Å². The zero-order valence-electron chi connectivity index (χ0n) is 14.6. The number of methoxy groups -OCH3 is 1. The maximum absolute atomic E-state index is 8.36. The normalized spacial score (nSPS) is 26.9. The molecule has 1 spiro atoms. The highest BCUT2D eigenvalue weighted by Gasteiger charge is 2.45. The Morgan fingerprint density at radius 2 is 2.12 bits per heavy atom. The Bertz CT molecular complexity index is 551. The third-order valence-corrected chi connectivity index (χ3v) is 5.85. The van der Waals surface area contributed by atoms with Crippen molar-refractivity contribution in [2.24, 2.45) is 5.41 Å². The number of piperidine rings is 1. The van der Waals surface area contributed by atoms with E-state index >= 15 is 0 Å². The number of benzene rings is 1. The quantitative estimate of drug-likeness (QED) is 0.830. The monoisotopic (exact) mass is 353 g/mol. The van der Waals surface area contributed by atoms with E-state index in [-0.39, 0.29) is 6.47 Å². The molecule has 134 valence electrons. The first-order valence-corrected chi connectivity index (χ1v) is 9.00. The van der Waals surface area contributed by atoms with Crippen LogP contribution in [0, 0.1) is 12.3 Å². The predicted molar refractivity (Wildman–Crippen MR) is 96.5 cm³/mol. The summed E-state index contributed by atoms with van der Waals surface area (Å²) in [5, 5.41) is 7.77. The molecule has 0 aromatic heterocycles. The molecule has 0 bridgehead atoms. The van der Waals surface area contributed by atoms with Crippen LogP contribution in [0.2, 0.25) is 5.02 Å². The zero-order chi connectivity index (χ0) is 17.6. The SMILES string of the molecule is CO[C@@H]1CCC[C@@]12CCCN(Cc1ccc(C)c(Cl)c1)C2.O=CO. The Kier molecular flexibility index (Phi) is 7.08.